The van der Waals surface area contributed by atoms with Crippen LogP contribution in [0, 0.1) is 31.6 Å². The molecule has 4 aliphatic rings. The summed E-state index contributed by atoms with van der Waals surface area (Å²) in [5, 5.41) is 10.5. The Labute approximate surface area is 350 Å². The van der Waals surface area contributed by atoms with Crippen molar-refractivity contribution in [3.05, 3.63) is 121 Å². The van der Waals surface area contributed by atoms with Gasteiger partial charge in [0.05, 0.1) is 40.8 Å². The van der Waals surface area contributed by atoms with Gasteiger partial charge in [0.25, 0.3) is 11.8 Å². The normalized spacial score (nSPS) is 19.5. The summed E-state index contributed by atoms with van der Waals surface area (Å²) in [6, 6.07) is 15.7. The number of piperidine rings is 1. The molecule has 3 aliphatic heterocycles. The number of hydrogen-bond donors (Lipinski definition) is 0. The molecule has 5 aromatic rings. The SMILES string of the molecule is Cc1c(C#Cc2ccc(CN3CCC(COc4cccc5c4C(=O)N(C4CCC(=O)CC4=O)C5=O)CC3)cn2)sc2c1C(c1ccc(Cl)cc1)=N[C@@H](C)c1nnc(C)n1-2. The number of aryl methyl sites for hydroxylation is 1. The predicted molar refractivity (Wildman–Crippen MR) is 223 cm³/mol. The van der Waals surface area contributed by atoms with E-state index < -0.39 is 17.9 Å². The van der Waals surface area contributed by atoms with Crippen LogP contribution in [0.3, 0.4) is 0 Å². The maximum Gasteiger partial charge on any atom is 0.266 e. The molecule has 2 aromatic carbocycles. The first-order valence-electron chi connectivity index (χ1n) is 19.8. The summed E-state index contributed by atoms with van der Waals surface area (Å²) in [7, 11) is 0. The molecule has 1 aliphatic carbocycles. The molecule has 1 saturated heterocycles. The lowest BCUT2D eigenvalue weighted by atomic mass is 9.92. The molecule has 2 amide bonds. The van der Waals surface area contributed by atoms with E-state index in [9.17, 15) is 19.2 Å². The first kappa shape index (κ1) is 38.7. The number of pyridine rings is 1. The number of carbonyl (C=O) groups excluding carboxylic acids is 4. The predicted octanol–water partition coefficient (Wildman–Crippen LogP) is 6.88. The van der Waals surface area contributed by atoms with Gasteiger partial charge in [0.2, 0.25) is 0 Å². The summed E-state index contributed by atoms with van der Waals surface area (Å²) in [4.78, 5) is 65.3. The fourth-order valence-corrected chi connectivity index (χ4v) is 9.74. The van der Waals surface area contributed by atoms with Crippen LogP contribution in [0.5, 0.6) is 5.75 Å². The number of ether oxygens (including phenoxy) is 1. The van der Waals surface area contributed by atoms with Crippen molar-refractivity contribution in [2.75, 3.05) is 19.7 Å². The average molecular weight is 826 g/mol. The number of fused-ring (bicyclic) bond motifs is 4. The molecule has 2 atom stereocenters. The van der Waals surface area contributed by atoms with Crippen molar-refractivity contribution in [1.82, 2.24) is 29.5 Å². The van der Waals surface area contributed by atoms with Gasteiger partial charge in [-0.25, -0.2) is 4.98 Å². The van der Waals surface area contributed by atoms with E-state index in [0.717, 1.165) is 86.9 Å². The second-order valence-corrected chi connectivity index (χ2v) is 17.0. The minimum Gasteiger partial charge on any atom is -0.492 e. The van der Waals surface area contributed by atoms with Gasteiger partial charge >= 0.3 is 0 Å². The van der Waals surface area contributed by atoms with Gasteiger partial charge in [0.1, 0.15) is 34.1 Å². The van der Waals surface area contributed by atoms with Crippen molar-refractivity contribution < 1.29 is 23.9 Å². The number of imide groups is 1. The van der Waals surface area contributed by atoms with Gasteiger partial charge in [-0.3, -0.25) is 38.5 Å². The second kappa shape index (κ2) is 15.7. The van der Waals surface area contributed by atoms with Crippen LogP contribution in [-0.2, 0) is 16.1 Å². The highest BCUT2D eigenvalue weighted by Gasteiger charge is 2.46. The van der Waals surface area contributed by atoms with Crippen molar-refractivity contribution >= 4 is 52.0 Å². The van der Waals surface area contributed by atoms with E-state index in [-0.39, 0.29) is 53.9 Å². The zero-order valence-corrected chi connectivity index (χ0v) is 34.4. The molecule has 3 aromatic heterocycles. The van der Waals surface area contributed by atoms with E-state index in [1.54, 1.807) is 29.5 Å². The third kappa shape index (κ3) is 7.30. The Bertz CT molecular complexity index is 2630. The summed E-state index contributed by atoms with van der Waals surface area (Å²) in [6.07, 6.45) is 3.83. The van der Waals surface area contributed by atoms with E-state index in [4.69, 9.17) is 26.3 Å². The van der Waals surface area contributed by atoms with Crippen LogP contribution < -0.4 is 4.74 Å². The van der Waals surface area contributed by atoms with E-state index in [1.807, 2.05) is 50.4 Å². The number of halogens is 1. The number of aliphatic imine (C=N–C) groups is 1. The van der Waals surface area contributed by atoms with Crippen LogP contribution in [0.4, 0.5) is 0 Å². The molecule has 12 nitrogen and oxygen atoms in total. The standard InChI is InChI=1S/C45H40ClN7O5S/c1-25-38(59-45-39(25)41(30-8-10-31(46)11-9-30)48-26(2)42-50-49-27(3)52(42)45)16-13-32-12-7-29(22-47-32)23-51-19-17-28(18-20-51)24-58-37-6-4-5-34-40(37)44(57)53(43(34)56)35-15-14-33(54)21-36(35)55/h4-12,22,26,28,35H,14-15,17-21,23-24H2,1-3H3/t26-,35?/m0/s1. The van der Waals surface area contributed by atoms with E-state index >= 15 is 0 Å². The van der Waals surface area contributed by atoms with E-state index in [2.05, 4.69) is 44.5 Å². The van der Waals surface area contributed by atoms with Gasteiger partial charge in [-0.05, 0) is 112 Å². The van der Waals surface area contributed by atoms with Crippen molar-refractivity contribution in [2.24, 2.45) is 10.9 Å². The van der Waals surface area contributed by atoms with Crippen molar-refractivity contribution in [1.29, 1.82) is 0 Å². The van der Waals surface area contributed by atoms with Gasteiger partial charge in [-0.15, -0.1) is 21.5 Å². The topological polar surface area (TPSA) is 140 Å². The largest absolute Gasteiger partial charge is 0.492 e. The Kier molecular flexibility index (Phi) is 10.3. The van der Waals surface area contributed by atoms with Crippen LogP contribution in [0.25, 0.3) is 5.00 Å². The molecule has 14 heteroatoms. The zero-order valence-electron chi connectivity index (χ0n) is 32.8. The van der Waals surface area contributed by atoms with Gasteiger partial charge in [0.15, 0.2) is 11.6 Å². The number of ketones is 2. The number of likely N-dealkylation sites (tertiary alicyclic amines) is 1. The van der Waals surface area contributed by atoms with Crippen LogP contribution in [0.1, 0.15) is 110 Å². The Hall–Kier alpha value is -5.81. The molecule has 1 unspecified atom stereocenters. The highest BCUT2D eigenvalue weighted by Crippen LogP contribution is 2.39. The van der Waals surface area contributed by atoms with Crippen LogP contribution in [0.15, 0.2) is 65.8 Å². The molecule has 2 fully saturated rings. The molecular weight excluding hydrogens is 786 g/mol. The number of rotatable bonds is 7. The first-order valence-corrected chi connectivity index (χ1v) is 21.0. The van der Waals surface area contributed by atoms with Crippen LogP contribution in [0.2, 0.25) is 5.02 Å². The zero-order chi connectivity index (χ0) is 40.9. The minimum absolute atomic E-state index is 0.160. The first-order chi connectivity index (χ1) is 28.5. The number of Topliss-reactive ketones (excluding diaryl/α,β-unsaturated/α-hetero) is 2. The Morgan fingerprint density at radius 3 is 2.46 bits per heavy atom. The molecule has 9 rings (SSSR count). The summed E-state index contributed by atoms with van der Waals surface area (Å²) >= 11 is 7.85. The molecule has 0 radical (unpaired) electrons. The number of amides is 2. The quantitative estimate of drug-likeness (QED) is 0.0976. The molecule has 0 spiro atoms. The highest BCUT2D eigenvalue weighted by molar-refractivity contribution is 7.15. The number of thiophene rings is 1. The fraction of sp³-hybridized carbons (Fsp3) is 0.333. The summed E-state index contributed by atoms with van der Waals surface area (Å²) in [6.45, 7) is 9.02. The lowest BCUT2D eigenvalue weighted by molar-refractivity contribution is -0.132. The summed E-state index contributed by atoms with van der Waals surface area (Å²) in [5.74, 6) is 7.33. The molecule has 6 heterocycles. The highest BCUT2D eigenvalue weighted by atomic mass is 35.5. The van der Waals surface area contributed by atoms with Crippen molar-refractivity contribution in [2.45, 2.75) is 71.5 Å². The molecule has 1 saturated carbocycles. The van der Waals surface area contributed by atoms with Gasteiger partial charge in [-0.1, -0.05) is 35.9 Å². The molecule has 0 N–H and O–H groups in total. The number of benzene rings is 2. The lowest BCUT2D eigenvalue weighted by Gasteiger charge is -2.31. The Morgan fingerprint density at radius 1 is 0.915 bits per heavy atom. The molecule has 298 valence electrons. The second-order valence-electron chi connectivity index (χ2n) is 15.6. The fourth-order valence-electron chi connectivity index (χ4n) is 8.39. The van der Waals surface area contributed by atoms with Crippen molar-refractivity contribution in [3.8, 4) is 22.6 Å². The summed E-state index contributed by atoms with van der Waals surface area (Å²) < 4.78 is 8.30. The third-order valence-electron chi connectivity index (χ3n) is 11.6. The maximum atomic E-state index is 13.5. The minimum atomic E-state index is -0.909. The van der Waals surface area contributed by atoms with Crippen LogP contribution >= 0.6 is 22.9 Å². The van der Waals surface area contributed by atoms with Gasteiger partial charge in [-0.2, -0.15) is 0 Å². The lowest BCUT2D eigenvalue weighted by Crippen LogP contribution is -2.47. The number of hydrogen-bond acceptors (Lipinski definition) is 11. The maximum absolute atomic E-state index is 13.5. The van der Waals surface area contributed by atoms with E-state index in [0.29, 0.717) is 23.1 Å². The Balaban J connectivity index is 0.828. The Morgan fingerprint density at radius 2 is 1.71 bits per heavy atom. The monoisotopic (exact) mass is 825 g/mol. The third-order valence-corrected chi connectivity index (χ3v) is 13.1. The van der Waals surface area contributed by atoms with Gasteiger partial charge < -0.3 is 4.74 Å². The smallest absolute Gasteiger partial charge is 0.266 e. The summed E-state index contributed by atoms with van der Waals surface area (Å²) in [5.41, 5.74) is 6.14. The number of carbonyl (C=O) groups is 4. The van der Waals surface area contributed by atoms with E-state index in [1.165, 1.54) is 0 Å². The molecule has 59 heavy (non-hydrogen) atoms. The number of aromatic nitrogens is 4. The molecular formula is C45H40ClN7O5S. The average Bonchev–Trinajstić information content (AvgIpc) is 3.83. The van der Waals surface area contributed by atoms with Crippen molar-refractivity contribution in [3.63, 3.8) is 0 Å². The number of nitrogens with zero attached hydrogens (tertiary/aromatic N) is 7. The van der Waals surface area contributed by atoms with Crippen LogP contribution in [-0.4, -0.2) is 84.4 Å². The molecule has 0 bridgehead atoms. The van der Waals surface area contributed by atoms with Gasteiger partial charge in [0, 0.05) is 35.3 Å².